The fourth-order valence-corrected chi connectivity index (χ4v) is 1.61. The molecule has 0 heterocycles. The molecule has 0 aliphatic heterocycles. The number of anilines is 1. The van der Waals surface area contributed by atoms with Gasteiger partial charge in [0, 0.05) is 13.7 Å². The molecule has 1 aromatic carbocycles. The number of hydrogen-bond acceptors (Lipinski definition) is 3. The van der Waals surface area contributed by atoms with Crippen LogP contribution in [0.5, 0.6) is 0 Å². The lowest BCUT2D eigenvalue weighted by Gasteiger charge is -2.14. The first-order valence-electron chi connectivity index (χ1n) is 5.67. The number of methoxy groups -OCH3 is 1. The SMILES string of the molecule is COC(CNC(=O)Nc1ccc(F)cc1Cl)CC(=O)O. The Morgan fingerprint density at radius 2 is 2.20 bits per heavy atom. The number of aliphatic carboxylic acids is 1. The van der Waals surface area contributed by atoms with Gasteiger partial charge in [-0.05, 0) is 18.2 Å². The van der Waals surface area contributed by atoms with E-state index in [1.54, 1.807) is 0 Å². The number of amides is 2. The van der Waals surface area contributed by atoms with Gasteiger partial charge in [-0.2, -0.15) is 0 Å². The van der Waals surface area contributed by atoms with Gasteiger partial charge < -0.3 is 20.5 Å². The number of carbonyl (C=O) groups is 2. The Balaban J connectivity index is 2.49. The molecule has 6 nitrogen and oxygen atoms in total. The highest BCUT2D eigenvalue weighted by molar-refractivity contribution is 6.33. The van der Waals surface area contributed by atoms with Gasteiger partial charge in [-0.1, -0.05) is 11.6 Å². The highest BCUT2D eigenvalue weighted by atomic mass is 35.5. The molecule has 0 saturated heterocycles. The Morgan fingerprint density at radius 1 is 1.50 bits per heavy atom. The maximum atomic E-state index is 12.8. The van der Waals surface area contributed by atoms with Crippen molar-refractivity contribution in [3.05, 3.63) is 29.0 Å². The van der Waals surface area contributed by atoms with Crippen LogP contribution in [0.4, 0.5) is 14.9 Å². The van der Waals surface area contributed by atoms with E-state index in [0.717, 1.165) is 12.1 Å². The number of rotatable bonds is 6. The molecule has 1 rings (SSSR count). The topological polar surface area (TPSA) is 87.7 Å². The molecule has 1 atom stereocenters. The largest absolute Gasteiger partial charge is 0.481 e. The van der Waals surface area contributed by atoms with E-state index >= 15 is 0 Å². The van der Waals surface area contributed by atoms with Crippen molar-refractivity contribution in [2.24, 2.45) is 0 Å². The average Bonchev–Trinajstić information content (AvgIpc) is 2.37. The molecular formula is C12H14ClFN2O4. The number of urea groups is 1. The van der Waals surface area contributed by atoms with Crippen LogP contribution in [0, 0.1) is 5.82 Å². The van der Waals surface area contributed by atoms with Crippen molar-refractivity contribution in [2.45, 2.75) is 12.5 Å². The average molecular weight is 305 g/mol. The summed E-state index contributed by atoms with van der Waals surface area (Å²) >= 11 is 5.75. The number of carboxylic acids is 1. The number of benzene rings is 1. The number of ether oxygens (including phenoxy) is 1. The van der Waals surface area contributed by atoms with Gasteiger partial charge in [-0.3, -0.25) is 4.79 Å². The molecule has 0 bridgehead atoms. The first-order valence-corrected chi connectivity index (χ1v) is 6.04. The third-order valence-corrected chi connectivity index (χ3v) is 2.72. The second kappa shape index (κ2) is 7.66. The first kappa shape index (κ1) is 16.2. The normalized spacial score (nSPS) is 11.8. The van der Waals surface area contributed by atoms with Gasteiger partial charge in [0.2, 0.25) is 0 Å². The summed E-state index contributed by atoms with van der Waals surface area (Å²) < 4.78 is 17.7. The number of carboxylic acid groups (broad SMARTS) is 1. The molecule has 20 heavy (non-hydrogen) atoms. The van der Waals surface area contributed by atoms with Crippen LogP contribution >= 0.6 is 11.6 Å². The Hall–Kier alpha value is -1.86. The maximum Gasteiger partial charge on any atom is 0.319 e. The number of hydrogen-bond donors (Lipinski definition) is 3. The molecule has 1 aromatic rings. The lowest BCUT2D eigenvalue weighted by molar-refractivity contribution is -0.139. The van der Waals surface area contributed by atoms with Crippen LogP contribution in [-0.4, -0.2) is 36.9 Å². The summed E-state index contributed by atoms with van der Waals surface area (Å²) in [6.45, 7) is 0.0213. The molecular weight excluding hydrogens is 291 g/mol. The van der Waals surface area contributed by atoms with Gasteiger partial charge in [0.25, 0.3) is 0 Å². The van der Waals surface area contributed by atoms with Crippen LogP contribution in [0.3, 0.4) is 0 Å². The summed E-state index contributed by atoms with van der Waals surface area (Å²) in [5, 5.41) is 13.5. The summed E-state index contributed by atoms with van der Waals surface area (Å²) in [5.74, 6) is -1.54. The van der Waals surface area contributed by atoms with Gasteiger partial charge in [-0.25, -0.2) is 9.18 Å². The smallest absolute Gasteiger partial charge is 0.319 e. The molecule has 1 unspecified atom stereocenters. The monoisotopic (exact) mass is 304 g/mol. The van der Waals surface area contributed by atoms with E-state index in [9.17, 15) is 14.0 Å². The van der Waals surface area contributed by atoms with Gasteiger partial charge in [0.15, 0.2) is 0 Å². The van der Waals surface area contributed by atoms with Gasteiger partial charge >= 0.3 is 12.0 Å². The highest BCUT2D eigenvalue weighted by Crippen LogP contribution is 2.22. The minimum atomic E-state index is -1.03. The number of carbonyl (C=O) groups excluding carboxylic acids is 1. The minimum Gasteiger partial charge on any atom is -0.481 e. The van der Waals surface area contributed by atoms with E-state index < -0.39 is 23.9 Å². The van der Waals surface area contributed by atoms with E-state index in [4.69, 9.17) is 21.4 Å². The van der Waals surface area contributed by atoms with E-state index in [1.807, 2.05) is 0 Å². The van der Waals surface area contributed by atoms with Crippen LogP contribution in [0.15, 0.2) is 18.2 Å². The molecule has 0 aliphatic carbocycles. The third-order valence-electron chi connectivity index (χ3n) is 2.41. The van der Waals surface area contributed by atoms with Crippen molar-refractivity contribution >= 4 is 29.3 Å². The lowest BCUT2D eigenvalue weighted by Crippen LogP contribution is -2.37. The van der Waals surface area contributed by atoms with Crippen molar-refractivity contribution in [1.82, 2.24) is 5.32 Å². The Bertz CT molecular complexity index is 498. The Morgan fingerprint density at radius 3 is 2.75 bits per heavy atom. The van der Waals surface area contributed by atoms with E-state index in [1.165, 1.54) is 13.2 Å². The van der Waals surface area contributed by atoms with Crippen LogP contribution < -0.4 is 10.6 Å². The van der Waals surface area contributed by atoms with E-state index in [0.29, 0.717) is 0 Å². The van der Waals surface area contributed by atoms with E-state index in [-0.39, 0.29) is 23.7 Å². The molecule has 0 fully saturated rings. The summed E-state index contributed by atoms with van der Waals surface area (Å²) in [7, 11) is 1.35. The third kappa shape index (κ3) is 5.41. The van der Waals surface area contributed by atoms with Crippen molar-refractivity contribution in [1.29, 1.82) is 0 Å². The molecule has 8 heteroatoms. The fourth-order valence-electron chi connectivity index (χ4n) is 1.40. The maximum absolute atomic E-state index is 12.8. The number of nitrogens with one attached hydrogen (secondary N) is 2. The van der Waals surface area contributed by atoms with Crippen molar-refractivity contribution in [3.8, 4) is 0 Å². The molecule has 110 valence electrons. The summed E-state index contributed by atoms with van der Waals surface area (Å²) in [6, 6.07) is 2.96. The van der Waals surface area contributed by atoms with Crippen LogP contribution in [0.2, 0.25) is 5.02 Å². The summed E-state index contributed by atoms with van der Waals surface area (Å²) in [6.07, 6.45) is -0.865. The molecule has 0 spiro atoms. The Labute approximate surface area is 119 Å². The minimum absolute atomic E-state index is 0.0213. The molecule has 0 aliphatic rings. The zero-order valence-electron chi connectivity index (χ0n) is 10.7. The standard InChI is InChI=1S/C12H14ClFN2O4/c1-20-8(5-11(17)18)6-15-12(19)16-10-3-2-7(14)4-9(10)13/h2-4,8H,5-6H2,1H3,(H,17,18)(H2,15,16,19). The van der Waals surface area contributed by atoms with E-state index in [2.05, 4.69) is 10.6 Å². The molecule has 0 aromatic heterocycles. The summed E-state index contributed by atoms with van der Waals surface area (Å²) in [4.78, 5) is 22.1. The fraction of sp³-hybridized carbons (Fsp3) is 0.333. The molecule has 3 N–H and O–H groups in total. The van der Waals surface area contributed by atoms with Crippen molar-refractivity contribution < 1.29 is 23.8 Å². The first-order chi connectivity index (χ1) is 9.42. The van der Waals surface area contributed by atoms with Crippen LogP contribution in [0.1, 0.15) is 6.42 Å². The lowest BCUT2D eigenvalue weighted by atomic mass is 10.2. The zero-order chi connectivity index (χ0) is 15.1. The zero-order valence-corrected chi connectivity index (χ0v) is 11.4. The van der Waals surface area contributed by atoms with Gasteiger partial charge in [-0.15, -0.1) is 0 Å². The van der Waals surface area contributed by atoms with Gasteiger partial charge in [0.05, 0.1) is 23.2 Å². The number of halogens is 2. The van der Waals surface area contributed by atoms with Crippen LogP contribution in [0.25, 0.3) is 0 Å². The summed E-state index contributed by atoms with van der Waals surface area (Å²) in [5.41, 5.74) is 0.248. The molecule has 0 saturated carbocycles. The second-order valence-electron chi connectivity index (χ2n) is 3.91. The quantitative estimate of drug-likeness (QED) is 0.751. The van der Waals surface area contributed by atoms with Crippen LogP contribution in [-0.2, 0) is 9.53 Å². The predicted octanol–water partition coefficient (Wildman–Crippen LogP) is 2.09. The second-order valence-corrected chi connectivity index (χ2v) is 4.32. The van der Waals surface area contributed by atoms with Crippen molar-refractivity contribution in [2.75, 3.05) is 19.0 Å². The van der Waals surface area contributed by atoms with Crippen molar-refractivity contribution in [3.63, 3.8) is 0 Å². The van der Waals surface area contributed by atoms with Gasteiger partial charge in [0.1, 0.15) is 5.82 Å². The highest BCUT2D eigenvalue weighted by Gasteiger charge is 2.14. The molecule has 2 amide bonds. The molecule has 0 radical (unpaired) electrons. The predicted molar refractivity (Wildman–Crippen MR) is 71.5 cm³/mol. The Kier molecular flexibility index (Phi) is 6.20.